The third kappa shape index (κ3) is 3.38. The molecule has 0 unspecified atom stereocenters. The molecule has 9 nitrogen and oxygen atoms in total. The maximum absolute atomic E-state index is 10.8. The number of nitro benzene ring substituents is 1. The number of hydrogen-bond donors (Lipinski definition) is 1. The first-order valence-electron chi connectivity index (χ1n) is 9.40. The second-order valence-electron chi connectivity index (χ2n) is 6.83. The highest BCUT2D eigenvalue weighted by Gasteiger charge is 2.16. The Morgan fingerprint density at radius 2 is 1.65 bits per heavy atom. The summed E-state index contributed by atoms with van der Waals surface area (Å²) in [5.41, 5.74) is 2.15. The monoisotopic (exact) mass is 413 g/mol. The predicted octanol–water partition coefficient (Wildman–Crippen LogP) is 4.14. The Labute approximate surface area is 175 Å². The lowest BCUT2D eigenvalue weighted by Gasteiger charge is -2.09. The molecule has 31 heavy (non-hydrogen) atoms. The van der Waals surface area contributed by atoms with Crippen LogP contribution in [0.3, 0.4) is 0 Å². The molecule has 0 aliphatic heterocycles. The van der Waals surface area contributed by atoms with Crippen molar-refractivity contribution in [3.05, 3.63) is 88.7 Å². The Hall–Kier alpha value is -4.53. The fourth-order valence-corrected chi connectivity index (χ4v) is 3.36. The third-order valence-electron chi connectivity index (χ3n) is 4.88. The topological polar surface area (TPSA) is 116 Å². The van der Waals surface area contributed by atoms with Gasteiger partial charge in [0.1, 0.15) is 18.1 Å². The smallest absolute Gasteiger partial charge is 0.269 e. The van der Waals surface area contributed by atoms with Crippen LogP contribution in [0.25, 0.3) is 27.7 Å². The van der Waals surface area contributed by atoms with Crippen LogP contribution in [0, 0.1) is 10.1 Å². The first-order chi connectivity index (χ1) is 15.1. The molecule has 3 aromatic carbocycles. The molecule has 0 bridgehead atoms. The SMILES string of the molecule is O=[N+]([O-])c1ccc(OCc2nnc3c4ccccc4c(-c4ccc(O)cc4)nn23)cc1. The number of rotatable bonds is 5. The van der Waals surface area contributed by atoms with Crippen molar-refractivity contribution < 1.29 is 14.8 Å². The summed E-state index contributed by atoms with van der Waals surface area (Å²) in [6, 6.07) is 20.4. The molecule has 0 atom stereocenters. The van der Waals surface area contributed by atoms with Crippen molar-refractivity contribution in [3.63, 3.8) is 0 Å². The van der Waals surface area contributed by atoms with Crippen LogP contribution in [0.5, 0.6) is 11.5 Å². The number of ether oxygens (including phenoxy) is 1. The molecule has 152 valence electrons. The van der Waals surface area contributed by atoms with Gasteiger partial charge in [-0.3, -0.25) is 10.1 Å². The van der Waals surface area contributed by atoms with Crippen LogP contribution < -0.4 is 4.74 Å². The van der Waals surface area contributed by atoms with Crippen LogP contribution in [0.15, 0.2) is 72.8 Å². The third-order valence-corrected chi connectivity index (χ3v) is 4.88. The van der Waals surface area contributed by atoms with Gasteiger partial charge in [-0.2, -0.15) is 9.61 Å². The van der Waals surface area contributed by atoms with E-state index in [2.05, 4.69) is 10.2 Å². The average Bonchev–Trinajstić information content (AvgIpc) is 3.21. The molecular formula is C22H15N5O4. The molecule has 5 aromatic rings. The second kappa shape index (κ2) is 7.38. The highest BCUT2D eigenvalue weighted by molar-refractivity contribution is 6.01. The number of nitro groups is 1. The fraction of sp³-hybridized carbons (Fsp3) is 0.0455. The van der Waals surface area contributed by atoms with Crippen molar-refractivity contribution in [2.75, 3.05) is 0 Å². The molecule has 1 N–H and O–H groups in total. The number of aromatic nitrogens is 4. The van der Waals surface area contributed by atoms with Crippen molar-refractivity contribution in [1.29, 1.82) is 0 Å². The van der Waals surface area contributed by atoms with Gasteiger partial charge in [0.05, 0.1) is 10.6 Å². The highest BCUT2D eigenvalue weighted by Crippen LogP contribution is 2.30. The van der Waals surface area contributed by atoms with Gasteiger partial charge in [-0.15, -0.1) is 10.2 Å². The molecule has 0 fully saturated rings. The van der Waals surface area contributed by atoms with Crippen LogP contribution >= 0.6 is 0 Å². The Bertz CT molecular complexity index is 1410. The van der Waals surface area contributed by atoms with E-state index in [0.29, 0.717) is 17.2 Å². The number of phenolic OH excluding ortho intramolecular Hbond substituents is 1. The van der Waals surface area contributed by atoms with E-state index in [1.54, 1.807) is 28.8 Å². The second-order valence-corrected chi connectivity index (χ2v) is 6.83. The number of aromatic hydroxyl groups is 1. The molecule has 0 radical (unpaired) electrons. The van der Waals surface area contributed by atoms with E-state index < -0.39 is 4.92 Å². The van der Waals surface area contributed by atoms with E-state index in [4.69, 9.17) is 9.84 Å². The zero-order chi connectivity index (χ0) is 21.4. The minimum atomic E-state index is -0.463. The zero-order valence-electron chi connectivity index (χ0n) is 16.0. The molecule has 9 heteroatoms. The molecular weight excluding hydrogens is 398 g/mol. The summed E-state index contributed by atoms with van der Waals surface area (Å²) >= 11 is 0. The van der Waals surface area contributed by atoms with Crippen LogP contribution in [-0.4, -0.2) is 29.8 Å². The molecule has 0 spiro atoms. The van der Waals surface area contributed by atoms with E-state index in [0.717, 1.165) is 22.0 Å². The average molecular weight is 413 g/mol. The Kier molecular flexibility index (Phi) is 4.40. The van der Waals surface area contributed by atoms with Gasteiger partial charge in [-0.25, -0.2) is 0 Å². The summed E-state index contributed by atoms with van der Waals surface area (Å²) in [6.45, 7) is 0.0827. The van der Waals surface area contributed by atoms with Crippen molar-refractivity contribution >= 4 is 22.1 Å². The summed E-state index contributed by atoms with van der Waals surface area (Å²) in [4.78, 5) is 10.3. The number of phenols is 1. The lowest BCUT2D eigenvalue weighted by atomic mass is 10.0. The van der Waals surface area contributed by atoms with Gasteiger partial charge in [0.15, 0.2) is 11.5 Å². The standard InChI is InChI=1S/C22H15N5O4/c28-16-9-5-14(6-10-16)21-18-3-1-2-4-19(18)22-24-23-20(26(22)25-21)13-31-17-11-7-15(8-12-17)27(29)30/h1-12,28H,13H2. The lowest BCUT2D eigenvalue weighted by Crippen LogP contribution is -2.05. The molecule has 2 aromatic heterocycles. The Morgan fingerprint density at radius 1 is 0.935 bits per heavy atom. The maximum Gasteiger partial charge on any atom is 0.269 e. The van der Waals surface area contributed by atoms with Crippen molar-refractivity contribution in [3.8, 4) is 22.8 Å². The summed E-state index contributed by atoms with van der Waals surface area (Å²) in [7, 11) is 0. The van der Waals surface area contributed by atoms with Crippen molar-refractivity contribution in [1.82, 2.24) is 19.8 Å². The molecule has 5 rings (SSSR count). The van der Waals surface area contributed by atoms with Crippen molar-refractivity contribution in [2.24, 2.45) is 0 Å². The summed E-state index contributed by atoms with van der Waals surface area (Å²) < 4.78 is 7.38. The minimum absolute atomic E-state index is 0.00745. The first kappa shape index (κ1) is 18.5. The maximum atomic E-state index is 10.8. The largest absolute Gasteiger partial charge is 0.508 e. The van der Waals surface area contributed by atoms with Gasteiger partial charge < -0.3 is 9.84 Å². The lowest BCUT2D eigenvalue weighted by molar-refractivity contribution is -0.384. The number of nitrogens with zero attached hydrogens (tertiary/aromatic N) is 5. The molecule has 0 aliphatic carbocycles. The van der Waals surface area contributed by atoms with Gasteiger partial charge in [0.2, 0.25) is 0 Å². The van der Waals surface area contributed by atoms with E-state index in [9.17, 15) is 15.2 Å². The number of fused-ring (bicyclic) bond motifs is 3. The molecule has 0 aliphatic rings. The fourth-order valence-electron chi connectivity index (χ4n) is 3.36. The molecule has 0 saturated carbocycles. The first-order valence-corrected chi connectivity index (χ1v) is 9.40. The summed E-state index contributed by atoms with van der Waals surface area (Å²) in [5.74, 6) is 1.14. The van der Waals surface area contributed by atoms with Gasteiger partial charge in [0.25, 0.3) is 5.69 Å². The van der Waals surface area contributed by atoms with Crippen LogP contribution in [0.4, 0.5) is 5.69 Å². The van der Waals surface area contributed by atoms with Crippen LogP contribution in [-0.2, 0) is 6.61 Å². The highest BCUT2D eigenvalue weighted by atomic mass is 16.6. The quantitative estimate of drug-likeness (QED) is 0.340. The zero-order valence-corrected chi connectivity index (χ0v) is 16.0. The van der Waals surface area contributed by atoms with Gasteiger partial charge >= 0.3 is 0 Å². The number of hydrogen-bond acceptors (Lipinski definition) is 7. The van der Waals surface area contributed by atoms with E-state index in [1.165, 1.54) is 24.3 Å². The normalized spacial score (nSPS) is 11.1. The predicted molar refractivity (Wildman–Crippen MR) is 113 cm³/mol. The number of benzene rings is 3. The summed E-state index contributed by atoms with van der Waals surface area (Å²) in [5, 5.41) is 35.5. The minimum Gasteiger partial charge on any atom is -0.508 e. The van der Waals surface area contributed by atoms with Crippen molar-refractivity contribution in [2.45, 2.75) is 6.61 Å². The van der Waals surface area contributed by atoms with Gasteiger partial charge in [0, 0.05) is 28.5 Å². The van der Waals surface area contributed by atoms with E-state index in [-0.39, 0.29) is 18.0 Å². The molecule has 0 amide bonds. The summed E-state index contributed by atoms with van der Waals surface area (Å²) in [6.07, 6.45) is 0. The van der Waals surface area contributed by atoms with Gasteiger partial charge in [-0.05, 0) is 36.4 Å². The van der Waals surface area contributed by atoms with E-state index in [1.807, 2.05) is 24.3 Å². The molecule has 2 heterocycles. The Balaban J connectivity index is 1.55. The van der Waals surface area contributed by atoms with Crippen LogP contribution in [0.2, 0.25) is 0 Å². The Morgan fingerprint density at radius 3 is 2.35 bits per heavy atom. The van der Waals surface area contributed by atoms with Gasteiger partial charge in [-0.1, -0.05) is 24.3 Å². The molecule has 0 saturated heterocycles. The van der Waals surface area contributed by atoms with Crippen LogP contribution in [0.1, 0.15) is 5.82 Å². The van der Waals surface area contributed by atoms with E-state index >= 15 is 0 Å². The number of non-ortho nitro benzene ring substituents is 1.